The van der Waals surface area contributed by atoms with Crippen molar-refractivity contribution >= 4 is 15.9 Å². The first-order valence-electron chi connectivity index (χ1n) is 9.07. The van der Waals surface area contributed by atoms with Gasteiger partial charge in [-0.25, -0.2) is 13.9 Å². The molecule has 3 atom stereocenters. The maximum atomic E-state index is 13.2. The maximum Gasteiger partial charge on any atom is 0.264 e. The maximum absolute atomic E-state index is 13.2. The fourth-order valence-electron chi connectivity index (χ4n) is 3.23. The van der Waals surface area contributed by atoms with Crippen molar-refractivity contribution in [3.63, 3.8) is 0 Å². The molecule has 0 saturated carbocycles. The number of rotatable bonds is 6. The third kappa shape index (κ3) is 4.73. The van der Waals surface area contributed by atoms with Crippen molar-refractivity contribution in [2.75, 3.05) is 6.54 Å². The van der Waals surface area contributed by atoms with Gasteiger partial charge in [0.1, 0.15) is 18.4 Å². The normalized spacial score (nSPS) is 22.8. The van der Waals surface area contributed by atoms with Gasteiger partial charge in [0, 0.05) is 12.7 Å². The Morgan fingerprint density at radius 3 is 2.62 bits per heavy atom. The Morgan fingerprint density at radius 1 is 1.28 bits per heavy atom. The van der Waals surface area contributed by atoms with Gasteiger partial charge >= 0.3 is 0 Å². The summed E-state index contributed by atoms with van der Waals surface area (Å²) in [4.78, 5) is 16.2. The zero-order valence-corrected chi connectivity index (χ0v) is 16.9. The molecule has 1 amide bonds. The minimum absolute atomic E-state index is 0.0112. The van der Waals surface area contributed by atoms with Gasteiger partial charge in [0.25, 0.3) is 5.91 Å². The van der Waals surface area contributed by atoms with Gasteiger partial charge in [0.2, 0.25) is 10.0 Å². The molecule has 10 heteroatoms. The molecule has 3 rings (SSSR count). The van der Waals surface area contributed by atoms with Crippen LogP contribution in [0.3, 0.4) is 0 Å². The molecule has 2 heterocycles. The number of morpholine rings is 1. The Labute approximate surface area is 169 Å². The van der Waals surface area contributed by atoms with Crippen LogP contribution in [0, 0.1) is 0 Å². The van der Waals surface area contributed by atoms with E-state index in [1.54, 1.807) is 38.2 Å². The van der Waals surface area contributed by atoms with Crippen LogP contribution in [-0.4, -0.2) is 53.6 Å². The summed E-state index contributed by atoms with van der Waals surface area (Å²) < 4.78 is 38.6. The molecule has 29 heavy (non-hydrogen) atoms. The van der Waals surface area contributed by atoms with E-state index in [0.717, 1.165) is 10.00 Å². The minimum atomic E-state index is -4.00. The van der Waals surface area contributed by atoms with Gasteiger partial charge < -0.3 is 9.47 Å². The van der Waals surface area contributed by atoms with Crippen LogP contribution < -0.4 is 10.2 Å². The number of hydrogen-bond donors (Lipinski definition) is 2. The molecule has 0 bridgehead atoms. The Hall–Kier alpha value is -2.53. The molecule has 0 radical (unpaired) electrons. The number of benzene rings is 1. The smallest absolute Gasteiger partial charge is 0.264 e. The van der Waals surface area contributed by atoms with Crippen molar-refractivity contribution < 1.29 is 27.9 Å². The standard InChI is InChI=1S/C19H23N3O6S/c1-13-11-22(18(14(2)28-13)19(23)21-24)29(25,26)17-8-6-16(7-9-17)27-12-15-5-3-4-10-20-15/h3-10,13-14,18,24H,11-12H2,1-2H3,(H,21,23)/t13-,14-,18+/m0/s1. The molecule has 1 aliphatic rings. The van der Waals surface area contributed by atoms with Crippen molar-refractivity contribution in [1.29, 1.82) is 0 Å². The van der Waals surface area contributed by atoms with E-state index >= 15 is 0 Å². The van der Waals surface area contributed by atoms with Crippen molar-refractivity contribution in [2.45, 2.75) is 43.6 Å². The number of carbonyl (C=O) groups is 1. The lowest BCUT2D eigenvalue weighted by Crippen LogP contribution is -2.60. The molecule has 156 valence electrons. The van der Waals surface area contributed by atoms with Gasteiger partial charge in [-0.1, -0.05) is 6.07 Å². The predicted molar refractivity (Wildman–Crippen MR) is 103 cm³/mol. The molecule has 0 aliphatic carbocycles. The summed E-state index contributed by atoms with van der Waals surface area (Å²) in [5.41, 5.74) is 2.27. The van der Waals surface area contributed by atoms with Gasteiger partial charge in [-0.15, -0.1) is 0 Å². The van der Waals surface area contributed by atoms with Gasteiger partial charge in [-0.2, -0.15) is 4.31 Å². The van der Waals surface area contributed by atoms with Crippen LogP contribution >= 0.6 is 0 Å². The number of hydrogen-bond acceptors (Lipinski definition) is 7. The van der Waals surface area contributed by atoms with Gasteiger partial charge in [-0.3, -0.25) is 15.0 Å². The molecule has 2 aromatic rings. The van der Waals surface area contributed by atoms with Gasteiger partial charge in [0.05, 0.1) is 22.8 Å². The Morgan fingerprint density at radius 2 is 2.00 bits per heavy atom. The second-order valence-corrected chi connectivity index (χ2v) is 8.62. The molecule has 2 N–H and O–H groups in total. The number of aromatic nitrogens is 1. The molecule has 1 aromatic carbocycles. The van der Waals surface area contributed by atoms with Crippen molar-refractivity contribution in [2.24, 2.45) is 0 Å². The monoisotopic (exact) mass is 421 g/mol. The van der Waals surface area contributed by atoms with E-state index in [4.69, 9.17) is 14.7 Å². The lowest BCUT2D eigenvalue weighted by Gasteiger charge is -2.40. The van der Waals surface area contributed by atoms with E-state index in [1.807, 2.05) is 12.1 Å². The number of ether oxygens (including phenoxy) is 2. The average molecular weight is 421 g/mol. The SMILES string of the molecule is C[C@@H]1O[C@@H](C)CN(S(=O)(=O)c2ccc(OCc3ccccn3)cc2)[C@H]1C(=O)NO. The lowest BCUT2D eigenvalue weighted by atomic mass is 10.1. The van der Waals surface area contributed by atoms with E-state index in [1.165, 1.54) is 17.6 Å². The molecule has 1 aliphatic heterocycles. The molecule has 0 spiro atoms. The highest BCUT2D eigenvalue weighted by Crippen LogP contribution is 2.27. The van der Waals surface area contributed by atoms with Crippen LogP contribution in [0.1, 0.15) is 19.5 Å². The van der Waals surface area contributed by atoms with E-state index in [-0.39, 0.29) is 18.0 Å². The number of carbonyl (C=O) groups excluding carboxylic acids is 1. The van der Waals surface area contributed by atoms with Gasteiger partial charge in [0.15, 0.2) is 0 Å². The van der Waals surface area contributed by atoms with Crippen LogP contribution in [0.4, 0.5) is 0 Å². The summed E-state index contributed by atoms with van der Waals surface area (Å²) in [6.07, 6.45) is 0.544. The van der Waals surface area contributed by atoms with Gasteiger partial charge in [-0.05, 0) is 50.2 Å². The first kappa shape index (κ1) is 21.2. The van der Waals surface area contributed by atoms with E-state index in [2.05, 4.69) is 4.98 Å². The topological polar surface area (TPSA) is 118 Å². The van der Waals surface area contributed by atoms with Crippen molar-refractivity contribution in [3.8, 4) is 5.75 Å². The molecule has 1 fully saturated rings. The third-order valence-corrected chi connectivity index (χ3v) is 6.42. The quantitative estimate of drug-likeness (QED) is 0.534. The van der Waals surface area contributed by atoms with E-state index in [0.29, 0.717) is 5.75 Å². The predicted octanol–water partition coefficient (Wildman–Crippen LogP) is 1.33. The summed E-state index contributed by atoms with van der Waals surface area (Å²) in [6, 6.07) is 10.2. The number of sulfonamides is 1. The van der Waals surface area contributed by atoms with Crippen LogP contribution in [0.15, 0.2) is 53.6 Å². The average Bonchev–Trinajstić information content (AvgIpc) is 2.72. The number of nitrogens with one attached hydrogen (secondary N) is 1. The third-order valence-electron chi connectivity index (χ3n) is 4.56. The summed E-state index contributed by atoms with van der Waals surface area (Å²) in [7, 11) is -4.00. The Kier molecular flexibility index (Phi) is 6.48. The van der Waals surface area contributed by atoms with Crippen molar-refractivity contribution in [1.82, 2.24) is 14.8 Å². The first-order chi connectivity index (χ1) is 13.8. The second-order valence-electron chi connectivity index (χ2n) is 6.73. The highest BCUT2D eigenvalue weighted by atomic mass is 32.2. The van der Waals surface area contributed by atoms with Crippen molar-refractivity contribution in [3.05, 3.63) is 54.4 Å². The number of nitrogens with zero attached hydrogens (tertiary/aromatic N) is 2. The Bertz CT molecular complexity index is 936. The van der Waals surface area contributed by atoms with E-state index in [9.17, 15) is 13.2 Å². The number of hydroxylamine groups is 1. The highest BCUT2D eigenvalue weighted by molar-refractivity contribution is 7.89. The summed E-state index contributed by atoms with van der Waals surface area (Å²) >= 11 is 0. The minimum Gasteiger partial charge on any atom is -0.487 e. The zero-order chi connectivity index (χ0) is 21.0. The fourth-order valence-corrected chi connectivity index (χ4v) is 4.95. The lowest BCUT2D eigenvalue weighted by molar-refractivity contribution is -0.146. The van der Waals surface area contributed by atoms with Crippen LogP contribution in [0.5, 0.6) is 5.75 Å². The van der Waals surface area contributed by atoms with Crippen LogP contribution in [0.2, 0.25) is 0 Å². The van der Waals surface area contributed by atoms with Crippen LogP contribution in [0.25, 0.3) is 0 Å². The van der Waals surface area contributed by atoms with Crippen LogP contribution in [-0.2, 0) is 26.2 Å². The van der Waals surface area contributed by atoms with E-state index < -0.39 is 34.2 Å². The molecule has 0 unspecified atom stereocenters. The second kappa shape index (κ2) is 8.87. The molecular formula is C19H23N3O6S. The zero-order valence-electron chi connectivity index (χ0n) is 16.1. The molecular weight excluding hydrogens is 398 g/mol. The molecule has 9 nitrogen and oxygen atoms in total. The molecule has 1 aromatic heterocycles. The largest absolute Gasteiger partial charge is 0.487 e. The number of pyridine rings is 1. The fraction of sp³-hybridized carbons (Fsp3) is 0.368. The Balaban J connectivity index is 1.79. The first-order valence-corrected chi connectivity index (χ1v) is 10.5. The molecule has 1 saturated heterocycles. The summed E-state index contributed by atoms with van der Waals surface area (Å²) in [5.74, 6) is -0.355. The summed E-state index contributed by atoms with van der Waals surface area (Å²) in [6.45, 7) is 3.56. The number of amides is 1. The highest BCUT2D eigenvalue weighted by Gasteiger charge is 2.44. The summed E-state index contributed by atoms with van der Waals surface area (Å²) in [5, 5.41) is 9.02.